The molecule has 3 rings (SSSR count). The van der Waals surface area contributed by atoms with Crippen LogP contribution >= 0.6 is 22.9 Å². The largest absolute Gasteiger partial charge is 0.491 e. The lowest BCUT2D eigenvalue weighted by Gasteiger charge is -2.38. The van der Waals surface area contributed by atoms with Gasteiger partial charge in [-0.25, -0.2) is 0 Å². The number of rotatable bonds is 9. The SMILES string of the molecule is CC[C@H](C)N(CC(=O)N1CCc2sccc2[C@@H]1COc1ccc(Cl)cc1)C(=O)COC. The molecule has 0 bridgehead atoms. The highest BCUT2D eigenvalue weighted by atomic mass is 35.5. The summed E-state index contributed by atoms with van der Waals surface area (Å²) in [4.78, 5) is 30.6. The van der Waals surface area contributed by atoms with Crippen LogP contribution in [0, 0.1) is 0 Å². The van der Waals surface area contributed by atoms with Gasteiger partial charge in [-0.2, -0.15) is 0 Å². The number of benzene rings is 1. The van der Waals surface area contributed by atoms with Crippen LogP contribution in [0.2, 0.25) is 5.02 Å². The molecule has 2 aromatic rings. The Morgan fingerprint density at radius 1 is 1.29 bits per heavy atom. The van der Waals surface area contributed by atoms with Crippen molar-refractivity contribution >= 4 is 34.8 Å². The summed E-state index contributed by atoms with van der Waals surface area (Å²) in [7, 11) is 1.49. The first-order chi connectivity index (χ1) is 14.9. The van der Waals surface area contributed by atoms with Gasteiger partial charge in [0, 0.05) is 29.6 Å². The average Bonchev–Trinajstić information content (AvgIpc) is 3.25. The normalized spacial score (nSPS) is 16.5. The highest BCUT2D eigenvalue weighted by Gasteiger charge is 2.34. The van der Waals surface area contributed by atoms with Gasteiger partial charge in [-0.05, 0) is 61.0 Å². The van der Waals surface area contributed by atoms with Crippen LogP contribution in [-0.2, 0) is 20.7 Å². The Hall–Kier alpha value is -2.09. The Labute approximate surface area is 192 Å². The predicted octanol–water partition coefficient (Wildman–Crippen LogP) is 4.18. The smallest absolute Gasteiger partial charge is 0.249 e. The predicted molar refractivity (Wildman–Crippen MR) is 123 cm³/mol. The first kappa shape index (κ1) is 23.6. The van der Waals surface area contributed by atoms with Crippen LogP contribution in [0.25, 0.3) is 0 Å². The zero-order valence-electron chi connectivity index (χ0n) is 18.2. The van der Waals surface area contributed by atoms with Crippen LogP contribution in [0.15, 0.2) is 35.7 Å². The first-order valence-electron chi connectivity index (χ1n) is 10.5. The van der Waals surface area contributed by atoms with Gasteiger partial charge in [0.05, 0.1) is 6.04 Å². The number of hydrogen-bond acceptors (Lipinski definition) is 5. The van der Waals surface area contributed by atoms with Crippen LogP contribution < -0.4 is 4.74 Å². The fourth-order valence-electron chi connectivity index (χ4n) is 3.73. The van der Waals surface area contributed by atoms with Crippen molar-refractivity contribution in [2.45, 2.75) is 38.8 Å². The van der Waals surface area contributed by atoms with Crippen molar-refractivity contribution in [2.24, 2.45) is 0 Å². The summed E-state index contributed by atoms with van der Waals surface area (Å²) in [5, 5.41) is 2.70. The number of nitrogens with zero attached hydrogens (tertiary/aromatic N) is 2. The molecule has 0 N–H and O–H groups in total. The first-order valence-corrected chi connectivity index (χ1v) is 11.7. The molecule has 0 radical (unpaired) electrons. The van der Waals surface area contributed by atoms with E-state index in [2.05, 4.69) is 11.4 Å². The molecule has 31 heavy (non-hydrogen) atoms. The van der Waals surface area contributed by atoms with Gasteiger partial charge < -0.3 is 19.3 Å². The van der Waals surface area contributed by atoms with E-state index in [0.717, 1.165) is 18.4 Å². The number of carbonyl (C=O) groups excluding carboxylic acids is 2. The molecule has 1 aromatic heterocycles. The minimum atomic E-state index is -0.200. The van der Waals surface area contributed by atoms with E-state index in [1.54, 1.807) is 28.4 Å². The van der Waals surface area contributed by atoms with E-state index in [4.69, 9.17) is 21.1 Å². The quantitative estimate of drug-likeness (QED) is 0.558. The molecule has 1 aliphatic rings. The van der Waals surface area contributed by atoms with Gasteiger partial charge in [0.25, 0.3) is 0 Å². The molecule has 0 saturated heterocycles. The number of halogens is 1. The number of ether oxygens (including phenoxy) is 2. The topological polar surface area (TPSA) is 59.1 Å². The van der Waals surface area contributed by atoms with Crippen molar-refractivity contribution < 1.29 is 19.1 Å². The number of methoxy groups -OCH3 is 1. The highest BCUT2D eigenvalue weighted by molar-refractivity contribution is 7.10. The Bertz CT molecular complexity index is 886. The molecule has 0 aliphatic carbocycles. The second kappa shape index (κ2) is 11.0. The van der Waals surface area contributed by atoms with E-state index in [-0.39, 0.29) is 37.0 Å². The fourth-order valence-corrected chi connectivity index (χ4v) is 4.79. The van der Waals surface area contributed by atoms with Gasteiger partial charge in [-0.15, -0.1) is 11.3 Å². The maximum Gasteiger partial charge on any atom is 0.249 e. The molecule has 0 spiro atoms. The van der Waals surface area contributed by atoms with Gasteiger partial charge >= 0.3 is 0 Å². The van der Waals surface area contributed by atoms with Crippen LogP contribution in [0.5, 0.6) is 5.75 Å². The van der Waals surface area contributed by atoms with Crippen molar-refractivity contribution in [2.75, 3.05) is 33.4 Å². The van der Waals surface area contributed by atoms with Crippen LogP contribution in [-0.4, -0.2) is 61.1 Å². The highest BCUT2D eigenvalue weighted by Crippen LogP contribution is 2.34. The van der Waals surface area contributed by atoms with Gasteiger partial charge in [0.1, 0.15) is 25.5 Å². The molecule has 2 heterocycles. The number of fused-ring (bicyclic) bond motifs is 1. The monoisotopic (exact) mass is 464 g/mol. The number of hydrogen-bond donors (Lipinski definition) is 0. The summed E-state index contributed by atoms with van der Waals surface area (Å²) in [6, 6.07) is 9.02. The number of amides is 2. The Kier molecular flexibility index (Phi) is 8.35. The second-order valence-corrected chi connectivity index (χ2v) is 9.07. The summed E-state index contributed by atoms with van der Waals surface area (Å²) in [6.45, 7) is 4.91. The van der Waals surface area contributed by atoms with Crippen molar-refractivity contribution in [1.29, 1.82) is 0 Å². The lowest BCUT2D eigenvalue weighted by atomic mass is 10.00. The molecule has 0 fully saturated rings. The average molecular weight is 465 g/mol. The third kappa shape index (κ3) is 5.79. The Morgan fingerprint density at radius 3 is 2.71 bits per heavy atom. The van der Waals surface area contributed by atoms with E-state index in [1.807, 2.05) is 30.9 Å². The van der Waals surface area contributed by atoms with Gasteiger partial charge in [0.2, 0.25) is 11.8 Å². The maximum absolute atomic E-state index is 13.4. The van der Waals surface area contributed by atoms with Gasteiger partial charge in [-0.3, -0.25) is 9.59 Å². The maximum atomic E-state index is 13.4. The standard InChI is InChI=1S/C23H29ClN2O4S/c1-4-16(2)26(23(28)15-29-3)13-22(27)25-11-9-21-19(10-12-31-21)20(25)14-30-18-7-5-17(24)6-8-18/h5-8,10,12,16,20H,4,9,11,13-15H2,1-3H3/t16-,20-/m0/s1. The fraction of sp³-hybridized carbons (Fsp3) is 0.478. The van der Waals surface area contributed by atoms with Crippen molar-refractivity contribution in [1.82, 2.24) is 9.80 Å². The minimum absolute atomic E-state index is 0.0323. The van der Waals surface area contributed by atoms with Crippen molar-refractivity contribution in [3.8, 4) is 5.75 Å². The van der Waals surface area contributed by atoms with Gasteiger partial charge in [0.15, 0.2) is 0 Å². The molecule has 0 unspecified atom stereocenters. The summed E-state index contributed by atoms with van der Waals surface area (Å²) in [6.07, 6.45) is 1.58. The van der Waals surface area contributed by atoms with Crippen LogP contribution in [0.4, 0.5) is 0 Å². The molecule has 168 valence electrons. The molecule has 0 saturated carbocycles. The zero-order valence-corrected chi connectivity index (χ0v) is 19.7. The van der Waals surface area contributed by atoms with Crippen molar-refractivity contribution in [3.05, 3.63) is 51.2 Å². The summed E-state index contributed by atoms with van der Waals surface area (Å²) >= 11 is 7.67. The molecule has 6 nitrogen and oxygen atoms in total. The van der Waals surface area contributed by atoms with Crippen LogP contribution in [0.1, 0.15) is 36.8 Å². The molecule has 2 amide bonds. The molecule has 1 aromatic carbocycles. The molecular formula is C23H29ClN2O4S. The van der Waals surface area contributed by atoms with E-state index < -0.39 is 0 Å². The number of carbonyl (C=O) groups is 2. The molecule has 2 atom stereocenters. The summed E-state index contributed by atoms with van der Waals surface area (Å²) < 4.78 is 11.0. The Balaban J connectivity index is 1.77. The second-order valence-electron chi connectivity index (χ2n) is 7.63. The summed E-state index contributed by atoms with van der Waals surface area (Å²) in [5.41, 5.74) is 1.12. The third-order valence-corrected chi connectivity index (χ3v) is 6.90. The van der Waals surface area contributed by atoms with E-state index >= 15 is 0 Å². The lowest BCUT2D eigenvalue weighted by Crippen LogP contribution is -2.50. The van der Waals surface area contributed by atoms with E-state index in [1.165, 1.54) is 12.0 Å². The third-order valence-electron chi connectivity index (χ3n) is 5.65. The Morgan fingerprint density at radius 2 is 2.03 bits per heavy atom. The van der Waals surface area contributed by atoms with E-state index in [0.29, 0.717) is 23.9 Å². The molecular weight excluding hydrogens is 436 g/mol. The molecule has 1 aliphatic heterocycles. The van der Waals surface area contributed by atoms with Crippen LogP contribution in [0.3, 0.4) is 0 Å². The van der Waals surface area contributed by atoms with Crippen molar-refractivity contribution in [3.63, 3.8) is 0 Å². The molecule has 8 heteroatoms. The zero-order chi connectivity index (χ0) is 22.4. The summed E-state index contributed by atoms with van der Waals surface area (Å²) in [5.74, 6) is 0.453. The van der Waals surface area contributed by atoms with Gasteiger partial charge in [-0.1, -0.05) is 18.5 Å². The minimum Gasteiger partial charge on any atom is -0.491 e. The number of thiophene rings is 1. The lowest BCUT2D eigenvalue weighted by molar-refractivity contribution is -0.146. The van der Waals surface area contributed by atoms with E-state index in [9.17, 15) is 9.59 Å².